The molecule has 29 heavy (non-hydrogen) atoms. The Morgan fingerprint density at radius 3 is 2.28 bits per heavy atom. The number of hydrogen-bond acceptors (Lipinski definition) is 4. The van der Waals surface area contributed by atoms with Gasteiger partial charge in [0.1, 0.15) is 11.6 Å². The molecule has 0 atom stereocenters. The van der Waals surface area contributed by atoms with Crippen LogP contribution in [0.3, 0.4) is 0 Å². The summed E-state index contributed by atoms with van der Waals surface area (Å²) in [7, 11) is 1.63. The van der Waals surface area contributed by atoms with E-state index in [1.165, 1.54) is 23.9 Å². The molecule has 0 saturated carbocycles. The first-order chi connectivity index (χ1) is 14.1. The molecule has 0 saturated heterocycles. The van der Waals surface area contributed by atoms with Crippen molar-refractivity contribution in [3.05, 3.63) is 89.2 Å². The smallest absolute Gasteiger partial charge is 0.196 e. The van der Waals surface area contributed by atoms with Gasteiger partial charge >= 0.3 is 0 Å². The molecule has 0 fully saturated rings. The summed E-state index contributed by atoms with van der Waals surface area (Å²) < 4.78 is 20.4. The van der Waals surface area contributed by atoms with E-state index in [1.807, 2.05) is 53.1 Å². The lowest BCUT2D eigenvalue weighted by Gasteiger charge is -2.11. The van der Waals surface area contributed by atoms with Crippen LogP contribution in [0.1, 0.15) is 5.56 Å². The minimum atomic E-state index is -0.245. The zero-order valence-electron chi connectivity index (χ0n) is 15.5. The van der Waals surface area contributed by atoms with Crippen LogP contribution in [0.15, 0.2) is 78.0 Å². The Hall–Kier alpha value is -2.83. The highest BCUT2D eigenvalue weighted by Gasteiger charge is 2.16. The van der Waals surface area contributed by atoms with Crippen molar-refractivity contribution < 1.29 is 9.13 Å². The lowest BCUT2D eigenvalue weighted by atomic mass is 10.2. The number of methoxy groups -OCH3 is 1. The third-order valence-electron chi connectivity index (χ3n) is 4.35. The van der Waals surface area contributed by atoms with E-state index in [2.05, 4.69) is 10.2 Å². The Bertz CT molecular complexity index is 1100. The fraction of sp³-hybridized carbons (Fsp3) is 0.0909. The molecular weight excluding hydrogens is 409 g/mol. The molecule has 146 valence electrons. The molecule has 0 aliphatic rings. The van der Waals surface area contributed by atoms with Gasteiger partial charge in [-0.1, -0.05) is 35.5 Å². The highest BCUT2D eigenvalue weighted by Crippen LogP contribution is 2.31. The molecule has 0 unspecified atom stereocenters. The first-order valence-electron chi connectivity index (χ1n) is 8.87. The number of rotatable bonds is 6. The Kier molecular flexibility index (Phi) is 5.83. The van der Waals surface area contributed by atoms with Gasteiger partial charge in [-0.3, -0.25) is 4.57 Å². The molecule has 0 aliphatic carbocycles. The number of halogens is 2. The van der Waals surface area contributed by atoms with Crippen LogP contribution in [0.25, 0.3) is 17.1 Å². The predicted octanol–water partition coefficient (Wildman–Crippen LogP) is 6.03. The molecule has 0 spiro atoms. The van der Waals surface area contributed by atoms with Crippen LogP contribution < -0.4 is 4.74 Å². The van der Waals surface area contributed by atoms with Gasteiger partial charge in [-0.2, -0.15) is 0 Å². The van der Waals surface area contributed by atoms with Crippen molar-refractivity contribution in [2.24, 2.45) is 0 Å². The first-order valence-corrected chi connectivity index (χ1v) is 10.2. The minimum absolute atomic E-state index is 0.245. The van der Waals surface area contributed by atoms with E-state index >= 15 is 0 Å². The van der Waals surface area contributed by atoms with Crippen LogP contribution in [0.4, 0.5) is 4.39 Å². The average Bonchev–Trinajstić information content (AvgIpc) is 3.18. The van der Waals surface area contributed by atoms with E-state index in [-0.39, 0.29) is 5.82 Å². The molecule has 0 amide bonds. The average molecular weight is 426 g/mol. The normalized spacial score (nSPS) is 10.9. The van der Waals surface area contributed by atoms with Crippen molar-refractivity contribution in [1.29, 1.82) is 0 Å². The van der Waals surface area contributed by atoms with Gasteiger partial charge in [-0.05, 0) is 66.2 Å². The first kappa shape index (κ1) is 19.5. The van der Waals surface area contributed by atoms with Crippen molar-refractivity contribution in [2.45, 2.75) is 10.9 Å². The Morgan fingerprint density at radius 1 is 0.931 bits per heavy atom. The molecule has 3 aromatic carbocycles. The minimum Gasteiger partial charge on any atom is -0.497 e. The van der Waals surface area contributed by atoms with E-state index in [1.54, 1.807) is 19.2 Å². The van der Waals surface area contributed by atoms with Gasteiger partial charge in [0.15, 0.2) is 11.0 Å². The van der Waals surface area contributed by atoms with Crippen molar-refractivity contribution in [3.8, 4) is 22.8 Å². The van der Waals surface area contributed by atoms with Gasteiger partial charge in [0, 0.05) is 22.0 Å². The number of thioether (sulfide) groups is 1. The van der Waals surface area contributed by atoms with Crippen LogP contribution in [0, 0.1) is 5.82 Å². The molecule has 0 N–H and O–H groups in total. The zero-order chi connectivity index (χ0) is 20.2. The number of aromatic nitrogens is 3. The molecule has 1 aromatic heterocycles. The summed E-state index contributed by atoms with van der Waals surface area (Å²) in [5, 5.41) is 10.2. The molecule has 0 radical (unpaired) electrons. The van der Waals surface area contributed by atoms with E-state index < -0.39 is 0 Å². The quantitative estimate of drug-likeness (QED) is 0.354. The van der Waals surface area contributed by atoms with Gasteiger partial charge in [0.05, 0.1) is 7.11 Å². The largest absolute Gasteiger partial charge is 0.497 e. The molecular formula is C22H17ClFN3OS. The molecule has 4 rings (SSSR count). The molecule has 0 aliphatic heterocycles. The standard InChI is InChI=1S/C22H17ClFN3OS/c1-28-20-12-4-16(5-13-20)21-25-26-22(27(21)19-10-6-17(23)7-11-19)29-14-15-2-8-18(24)9-3-15/h2-13H,14H2,1H3. The third kappa shape index (κ3) is 4.44. The van der Waals surface area contributed by atoms with E-state index in [0.29, 0.717) is 10.8 Å². The summed E-state index contributed by atoms with van der Waals surface area (Å²) in [5.74, 6) is 1.90. The molecule has 7 heteroatoms. The lowest BCUT2D eigenvalue weighted by Crippen LogP contribution is -2.00. The number of hydrogen-bond donors (Lipinski definition) is 0. The van der Waals surface area contributed by atoms with Crippen molar-refractivity contribution in [2.75, 3.05) is 7.11 Å². The predicted molar refractivity (Wildman–Crippen MR) is 114 cm³/mol. The monoisotopic (exact) mass is 425 g/mol. The van der Waals surface area contributed by atoms with Crippen LogP contribution in [-0.2, 0) is 5.75 Å². The van der Waals surface area contributed by atoms with Crippen LogP contribution in [0.5, 0.6) is 5.75 Å². The van der Waals surface area contributed by atoms with Gasteiger partial charge in [0.2, 0.25) is 0 Å². The maximum Gasteiger partial charge on any atom is 0.196 e. The highest BCUT2D eigenvalue weighted by molar-refractivity contribution is 7.98. The third-order valence-corrected chi connectivity index (χ3v) is 5.60. The summed E-state index contributed by atoms with van der Waals surface area (Å²) in [6.07, 6.45) is 0. The summed E-state index contributed by atoms with van der Waals surface area (Å²) in [6.45, 7) is 0. The molecule has 0 bridgehead atoms. The molecule has 1 heterocycles. The van der Waals surface area contributed by atoms with Crippen molar-refractivity contribution >= 4 is 23.4 Å². The Labute approximate surface area is 177 Å². The summed E-state index contributed by atoms with van der Waals surface area (Å²) in [6, 6.07) is 21.7. The van der Waals surface area contributed by atoms with Crippen LogP contribution >= 0.6 is 23.4 Å². The van der Waals surface area contributed by atoms with Gasteiger partial charge in [-0.25, -0.2) is 4.39 Å². The van der Waals surface area contributed by atoms with Crippen molar-refractivity contribution in [1.82, 2.24) is 14.8 Å². The van der Waals surface area contributed by atoms with Crippen LogP contribution in [-0.4, -0.2) is 21.9 Å². The second-order valence-electron chi connectivity index (χ2n) is 6.26. The maximum absolute atomic E-state index is 13.2. The molecule has 4 aromatic rings. The lowest BCUT2D eigenvalue weighted by molar-refractivity contribution is 0.415. The van der Waals surface area contributed by atoms with E-state index in [0.717, 1.165) is 33.5 Å². The second-order valence-corrected chi connectivity index (χ2v) is 7.64. The molecule has 4 nitrogen and oxygen atoms in total. The summed E-state index contributed by atoms with van der Waals surface area (Å²) in [4.78, 5) is 0. The second kappa shape index (κ2) is 8.68. The Balaban J connectivity index is 1.71. The maximum atomic E-state index is 13.2. The highest BCUT2D eigenvalue weighted by atomic mass is 35.5. The fourth-order valence-corrected chi connectivity index (χ4v) is 3.88. The number of ether oxygens (including phenoxy) is 1. The van der Waals surface area contributed by atoms with E-state index in [4.69, 9.17) is 16.3 Å². The topological polar surface area (TPSA) is 39.9 Å². The summed E-state index contributed by atoms with van der Waals surface area (Å²) in [5.41, 5.74) is 2.83. The Morgan fingerprint density at radius 2 is 1.62 bits per heavy atom. The summed E-state index contributed by atoms with van der Waals surface area (Å²) >= 11 is 7.60. The number of nitrogens with zero attached hydrogens (tertiary/aromatic N) is 3. The SMILES string of the molecule is COc1ccc(-c2nnc(SCc3ccc(F)cc3)n2-c2ccc(Cl)cc2)cc1. The van der Waals surface area contributed by atoms with Gasteiger partial charge in [-0.15, -0.1) is 10.2 Å². The fourth-order valence-electron chi connectivity index (χ4n) is 2.84. The number of benzene rings is 3. The van der Waals surface area contributed by atoms with Crippen molar-refractivity contribution in [3.63, 3.8) is 0 Å². The van der Waals surface area contributed by atoms with Gasteiger partial charge in [0.25, 0.3) is 0 Å². The van der Waals surface area contributed by atoms with E-state index in [9.17, 15) is 4.39 Å². The zero-order valence-corrected chi connectivity index (χ0v) is 17.1. The van der Waals surface area contributed by atoms with Crippen LogP contribution in [0.2, 0.25) is 5.02 Å². The van der Waals surface area contributed by atoms with Gasteiger partial charge < -0.3 is 4.74 Å².